The standard InChI is InChI=1S/C12H16BrNO2S/c1-10-5-7-14(8-6-10)17(15,16)12-4-2-3-11(13)9-12/h2-4,9-10H,5-8H2,1H3. The van der Waals surface area contributed by atoms with Crippen LogP contribution in [0.3, 0.4) is 0 Å². The first-order valence-electron chi connectivity index (χ1n) is 5.76. The maximum absolute atomic E-state index is 12.4. The van der Waals surface area contributed by atoms with Crippen LogP contribution in [-0.4, -0.2) is 25.8 Å². The van der Waals surface area contributed by atoms with Gasteiger partial charge >= 0.3 is 0 Å². The van der Waals surface area contributed by atoms with Crippen molar-refractivity contribution >= 4 is 26.0 Å². The van der Waals surface area contributed by atoms with Crippen molar-refractivity contribution in [3.8, 4) is 0 Å². The zero-order chi connectivity index (χ0) is 12.5. The summed E-state index contributed by atoms with van der Waals surface area (Å²) in [5, 5.41) is 0. The summed E-state index contributed by atoms with van der Waals surface area (Å²) >= 11 is 3.31. The normalized spacial score (nSPS) is 19.4. The Morgan fingerprint density at radius 3 is 2.53 bits per heavy atom. The number of sulfonamides is 1. The van der Waals surface area contributed by atoms with Crippen LogP contribution >= 0.6 is 15.9 Å². The van der Waals surface area contributed by atoms with E-state index in [2.05, 4.69) is 22.9 Å². The largest absolute Gasteiger partial charge is 0.243 e. The second-order valence-electron chi connectivity index (χ2n) is 4.54. The third kappa shape index (κ3) is 2.89. The molecule has 1 fully saturated rings. The Morgan fingerprint density at radius 2 is 1.94 bits per heavy atom. The number of rotatable bonds is 2. The average molecular weight is 318 g/mol. The van der Waals surface area contributed by atoms with E-state index in [0.29, 0.717) is 23.9 Å². The molecule has 3 nitrogen and oxygen atoms in total. The number of nitrogens with zero attached hydrogens (tertiary/aromatic N) is 1. The molecular weight excluding hydrogens is 302 g/mol. The average Bonchev–Trinajstić information content (AvgIpc) is 2.29. The van der Waals surface area contributed by atoms with Crippen LogP contribution in [0, 0.1) is 5.92 Å². The first kappa shape index (κ1) is 13.1. The van der Waals surface area contributed by atoms with Crippen molar-refractivity contribution in [1.82, 2.24) is 4.31 Å². The van der Waals surface area contributed by atoms with E-state index in [-0.39, 0.29) is 0 Å². The van der Waals surface area contributed by atoms with Gasteiger partial charge in [0, 0.05) is 17.6 Å². The summed E-state index contributed by atoms with van der Waals surface area (Å²) in [4.78, 5) is 0.376. The van der Waals surface area contributed by atoms with Crippen molar-refractivity contribution in [3.63, 3.8) is 0 Å². The van der Waals surface area contributed by atoms with Gasteiger partial charge in [0.05, 0.1) is 4.90 Å². The van der Waals surface area contributed by atoms with E-state index < -0.39 is 10.0 Å². The van der Waals surface area contributed by atoms with E-state index in [0.717, 1.165) is 17.3 Å². The minimum Gasteiger partial charge on any atom is -0.207 e. The molecule has 2 rings (SSSR count). The molecule has 1 aliphatic heterocycles. The van der Waals surface area contributed by atoms with Gasteiger partial charge in [0.1, 0.15) is 0 Å². The Balaban J connectivity index is 2.25. The van der Waals surface area contributed by atoms with Crippen molar-refractivity contribution in [2.75, 3.05) is 13.1 Å². The highest BCUT2D eigenvalue weighted by Gasteiger charge is 2.27. The quantitative estimate of drug-likeness (QED) is 0.841. The Bertz CT molecular complexity index is 493. The zero-order valence-corrected chi connectivity index (χ0v) is 12.2. The minimum atomic E-state index is -3.30. The monoisotopic (exact) mass is 317 g/mol. The predicted octanol–water partition coefficient (Wildman–Crippen LogP) is 2.87. The summed E-state index contributed by atoms with van der Waals surface area (Å²) in [7, 11) is -3.30. The molecule has 1 saturated heterocycles. The summed E-state index contributed by atoms with van der Waals surface area (Å²) in [6.07, 6.45) is 1.90. The fourth-order valence-electron chi connectivity index (χ4n) is 2.00. The van der Waals surface area contributed by atoms with E-state index in [1.807, 2.05) is 6.07 Å². The van der Waals surface area contributed by atoms with Crippen molar-refractivity contribution in [1.29, 1.82) is 0 Å². The zero-order valence-electron chi connectivity index (χ0n) is 9.77. The highest BCUT2D eigenvalue weighted by atomic mass is 79.9. The van der Waals surface area contributed by atoms with Crippen molar-refractivity contribution in [2.24, 2.45) is 5.92 Å². The van der Waals surface area contributed by atoms with Crippen molar-refractivity contribution < 1.29 is 8.42 Å². The molecule has 0 spiro atoms. The fraction of sp³-hybridized carbons (Fsp3) is 0.500. The molecule has 0 unspecified atom stereocenters. The number of halogens is 1. The van der Waals surface area contributed by atoms with Crippen LogP contribution in [0.4, 0.5) is 0 Å². The molecule has 5 heteroatoms. The smallest absolute Gasteiger partial charge is 0.207 e. The van der Waals surface area contributed by atoms with Gasteiger partial charge in [-0.2, -0.15) is 4.31 Å². The third-order valence-electron chi connectivity index (χ3n) is 3.18. The SMILES string of the molecule is CC1CCN(S(=O)(=O)c2cccc(Br)c2)CC1. The van der Waals surface area contributed by atoms with Gasteiger partial charge in [-0.25, -0.2) is 8.42 Å². The fourth-order valence-corrected chi connectivity index (χ4v) is 4.07. The highest BCUT2D eigenvalue weighted by molar-refractivity contribution is 9.10. The number of hydrogen-bond acceptors (Lipinski definition) is 2. The van der Waals surface area contributed by atoms with Crippen LogP contribution in [0.25, 0.3) is 0 Å². The molecule has 17 heavy (non-hydrogen) atoms. The maximum atomic E-state index is 12.4. The van der Waals surface area contributed by atoms with Gasteiger partial charge in [-0.15, -0.1) is 0 Å². The Labute approximate surface area is 111 Å². The lowest BCUT2D eigenvalue weighted by atomic mass is 10.0. The molecule has 0 aromatic heterocycles. The summed E-state index contributed by atoms with van der Waals surface area (Å²) < 4.78 is 27.1. The molecule has 0 atom stereocenters. The Kier molecular flexibility index (Phi) is 3.90. The Hall–Kier alpha value is -0.390. The van der Waals surface area contributed by atoms with E-state index in [9.17, 15) is 8.42 Å². The van der Waals surface area contributed by atoms with Gasteiger partial charge in [-0.3, -0.25) is 0 Å². The minimum absolute atomic E-state index is 0.376. The number of benzene rings is 1. The molecule has 1 aliphatic rings. The van der Waals surface area contributed by atoms with Gasteiger partial charge in [0.25, 0.3) is 0 Å². The van der Waals surface area contributed by atoms with Crippen LogP contribution in [-0.2, 0) is 10.0 Å². The lowest BCUT2D eigenvalue weighted by molar-refractivity contribution is 0.288. The molecule has 0 saturated carbocycles. The van der Waals surface area contributed by atoms with Crippen LogP contribution in [0.5, 0.6) is 0 Å². The Morgan fingerprint density at radius 1 is 1.29 bits per heavy atom. The molecule has 0 bridgehead atoms. The van der Waals surface area contributed by atoms with Crippen LogP contribution in [0.15, 0.2) is 33.6 Å². The van der Waals surface area contributed by atoms with E-state index in [1.165, 1.54) is 0 Å². The molecule has 0 radical (unpaired) electrons. The first-order valence-corrected chi connectivity index (χ1v) is 7.99. The predicted molar refractivity (Wildman–Crippen MR) is 71.3 cm³/mol. The van der Waals surface area contributed by atoms with Crippen LogP contribution < -0.4 is 0 Å². The molecule has 1 aromatic carbocycles. The van der Waals surface area contributed by atoms with Gasteiger partial charge < -0.3 is 0 Å². The summed E-state index contributed by atoms with van der Waals surface area (Å²) in [6, 6.07) is 6.90. The molecule has 1 aromatic rings. The summed E-state index contributed by atoms with van der Waals surface area (Å²) in [5.41, 5.74) is 0. The van der Waals surface area contributed by atoms with Gasteiger partial charge in [0.2, 0.25) is 10.0 Å². The third-order valence-corrected chi connectivity index (χ3v) is 5.56. The first-order chi connectivity index (χ1) is 8.00. The molecule has 0 N–H and O–H groups in total. The number of piperidine rings is 1. The van der Waals surface area contributed by atoms with Gasteiger partial charge in [0.15, 0.2) is 0 Å². The van der Waals surface area contributed by atoms with E-state index in [4.69, 9.17) is 0 Å². The molecule has 1 heterocycles. The lowest BCUT2D eigenvalue weighted by Gasteiger charge is -2.29. The topological polar surface area (TPSA) is 37.4 Å². The molecule has 0 aliphatic carbocycles. The summed E-state index contributed by atoms with van der Waals surface area (Å²) in [5.74, 6) is 0.629. The van der Waals surface area contributed by atoms with Crippen LogP contribution in [0.2, 0.25) is 0 Å². The van der Waals surface area contributed by atoms with Crippen molar-refractivity contribution in [3.05, 3.63) is 28.7 Å². The summed E-state index contributed by atoms with van der Waals surface area (Å²) in [6.45, 7) is 3.44. The van der Waals surface area contributed by atoms with Gasteiger partial charge in [-0.1, -0.05) is 28.9 Å². The van der Waals surface area contributed by atoms with Crippen molar-refractivity contribution in [2.45, 2.75) is 24.7 Å². The van der Waals surface area contributed by atoms with E-state index >= 15 is 0 Å². The second-order valence-corrected chi connectivity index (χ2v) is 7.40. The van der Waals surface area contributed by atoms with E-state index in [1.54, 1.807) is 22.5 Å². The molecule has 0 amide bonds. The lowest BCUT2D eigenvalue weighted by Crippen LogP contribution is -2.37. The van der Waals surface area contributed by atoms with Crippen LogP contribution in [0.1, 0.15) is 19.8 Å². The highest BCUT2D eigenvalue weighted by Crippen LogP contribution is 2.24. The van der Waals surface area contributed by atoms with Gasteiger partial charge in [-0.05, 0) is 37.0 Å². The molecular formula is C12H16BrNO2S. The number of hydrogen-bond donors (Lipinski definition) is 0. The second kappa shape index (κ2) is 5.08. The molecule has 94 valence electrons. The maximum Gasteiger partial charge on any atom is 0.243 e.